The number of halogens is 2. The first kappa shape index (κ1) is 39.0. The Bertz CT molecular complexity index is 1750. The van der Waals surface area contributed by atoms with Crippen molar-refractivity contribution < 1.29 is 23.5 Å². The van der Waals surface area contributed by atoms with E-state index in [4.69, 9.17) is 16.0 Å². The van der Waals surface area contributed by atoms with Gasteiger partial charge in [-0.2, -0.15) is 0 Å². The minimum atomic E-state index is -1.26. The maximum atomic E-state index is 14.5. The SMILES string of the molecule is C=C/C=C(\C=C(\F)C(=C)/C=C/CC/C=C(/CC(C)(C)CC)C(=O)c1cc(=C)/c(=C(\C=C(/C)c2ccc(Cl)cc2)C(C)(C)C)o1)C(=O)O. The number of hydrogen-bond acceptors (Lipinski definition) is 3. The van der Waals surface area contributed by atoms with Crippen LogP contribution in [0, 0.1) is 10.8 Å². The van der Waals surface area contributed by atoms with Gasteiger partial charge in [0, 0.05) is 21.4 Å². The second-order valence-electron chi connectivity index (χ2n) is 13.4. The topological polar surface area (TPSA) is 67.5 Å². The summed E-state index contributed by atoms with van der Waals surface area (Å²) in [6.45, 7) is 26.0. The van der Waals surface area contributed by atoms with Crippen LogP contribution in [0.25, 0.3) is 17.7 Å². The molecule has 0 aliphatic carbocycles. The van der Waals surface area contributed by atoms with E-state index < -0.39 is 11.8 Å². The summed E-state index contributed by atoms with van der Waals surface area (Å²) in [4.78, 5) is 25.2. The number of aliphatic carboxylic acids is 1. The minimum Gasteiger partial charge on any atom is -0.478 e. The van der Waals surface area contributed by atoms with Crippen molar-refractivity contribution in [2.24, 2.45) is 10.8 Å². The third-order valence-electron chi connectivity index (χ3n) is 7.84. The Balaban J connectivity index is 2.44. The molecule has 0 bridgehead atoms. The maximum absolute atomic E-state index is 14.5. The number of allylic oxidation sites excluding steroid dienone is 10. The Labute approximate surface area is 284 Å². The van der Waals surface area contributed by atoms with Crippen LogP contribution in [0.2, 0.25) is 5.02 Å². The molecule has 0 atom stereocenters. The quantitative estimate of drug-likeness (QED) is 0.0895. The summed E-state index contributed by atoms with van der Waals surface area (Å²) in [7, 11) is 0. The lowest BCUT2D eigenvalue weighted by Crippen LogP contribution is -2.26. The van der Waals surface area contributed by atoms with Gasteiger partial charge in [0.25, 0.3) is 0 Å². The van der Waals surface area contributed by atoms with E-state index in [0.29, 0.717) is 40.5 Å². The number of ketones is 1. The van der Waals surface area contributed by atoms with Crippen molar-refractivity contribution in [3.63, 3.8) is 0 Å². The molecule has 4 nitrogen and oxygen atoms in total. The smallest absolute Gasteiger partial charge is 0.335 e. The van der Waals surface area contributed by atoms with Crippen LogP contribution in [-0.2, 0) is 4.79 Å². The van der Waals surface area contributed by atoms with Crippen LogP contribution < -0.4 is 10.6 Å². The van der Waals surface area contributed by atoms with E-state index in [2.05, 4.69) is 67.4 Å². The van der Waals surface area contributed by atoms with Crippen molar-refractivity contribution in [3.05, 3.63) is 136 Å². The summed E-state index contributed by atoms with van der Waals surface area (Å²) >= 11 is 6.09. The van der Waals surface area contributed by atoms with Gasteiger partial charge >= 0.3 is 5.97 Å². The van der Waals surface area contributed by atoms with Crippen molar-refractivity contribution >= 4 is 41.1 Å². The van der Waals surface area contributed by atoms with Crippen LogP contribution in [0.1, 0.15) is 90.3 Å². The Morgan fingerprint density at radius 2 is 1.70 bits per heavy atom. The molecule has 0 radical (unpaired) electrons. The number of carbonyl (C=O) groups excluding carboxylic acids is 1. The summed E-state index contributed by atoms with van der Waals surface area (Å²) in [5, 5.41) is 10.5. The standard InChI is InChI=1S/C41H48ClFO4/c1-11-16-31(39(45)46)25-35(43)27(3)17-14-13-15-18-32(26-41(9,10)12-2)37(44)36-24-29(5)38(47-36)34(40(6,7)8)23-28(4)30-19-21-33(42)22-20-30/h11,14,16-25H,1,3,5,12-13,15,26H2,2,4,6-10H3,(H,45,46)/b17-14+,28-23+,31-16+,32-18-,35-25+,38-34-. The van der Waals surface area contributed by atoms with Gasteiger partial charge in [0.1, 0.15) is 11.2 Å². The first-order valence-electron chi connectivity index (χ1n) is 15.7. The molecule has 0 fully saturated rings. The highest BCUT2D eigenvalue weighted by molar-refractivity contribution is 6.30. The average Bonchev–Trinajstić information content (AvgIpc) is 3.38. The molecule has 2 aromatic rings. The van der Waals surface area contributed by atoms with E-state index in [-0.39, 0.29) is 33.5 Å². The van der Waals surface area contributed by atoms with E-state index in [1.807, 2.05) is 37.3 Å². The number of carboxylic acids is 1. The van der Waals surface area contributed by atoms with Gasteiger partial charge in [-0.3, -0.25) is 4.79 Å². The van der Waals surface area contributed by atoms with Crippen molar-refractivity contribution in [1.82, 2.24) is 0 Å². The molecule has 0 unspecified atom stereocenters. The van der Waals surface area contributed by atoms with Crippen molar-refractivity contribution in [2.75, 3.05) is 0 Å². The van der Waals surface area contributed by atoms with Gasteiger partial charge in [0.2, 0.25) is 5.78 Å². The molecule has 0 aliphatic rings. The monoisotopic (exact) mass is 658 g/mol. The number of unbranched alkanes of at least 4 members (excludes halogenated alkanes) is 1. The maximum Gasteiger partial charge on any atom is 0.335 e. The zero-order chi connectivity index (χ0) is 35.5. The van der Waals surface area contributed by atoms with Crippen LogP contribution in [-0.4, -0.2) is 16.9 Å². The largest absolute Gasteiger partial charge is 0.478 e. The Morgan fingerprint density at radius 1 is 1.06 bits per heavy atom. The number of furan rings is 1. The second kappa shape index (κ2) is 17.1. The molecular formula is C41H48ClFO4. The van der Waals surface area contributed by atoms with Gasteiger partial charge in [0.05, 0.1) is 5.57 Å². The minimum absolute atomic E-state index is 0.0472. The summed E-state index contributed by atoms with van der Waals surface area (Å²) in [6.07, 6.45) is 13.1. The van der Waals surface area contributed by atoms with E-state index in [9.17, 15) is 19.1 Å². The predicted molar refractivity (Wildman–Crippen MR) is 195 cm³/mol. The predicted octanol–water partition coefficient (Wildman–Crippen LogP) is 10.5. The highest BCUT2D eigenvalue weighted by atomic mass is 35.5. The first-order chi connectivity index (χ1) is 21.9. The third kappa shape index (κ3) is 11.8. The van der Waals surface area contributed by atoms with Gasteiger partial charge in [-0.25, -0.2) is 9.18 Å². The zero-order valence-electron chi connectivity index (χ0n) is 28.8. The number of carbonyl (C=O) groups is 2. The normalized spacial score (nSPS) is 14.4. The molecule has 0 spiro atoms. The average molecular weight is 659 g/mol. The third-order valence-corrected chi connectivity index (χ3v) is 8.09. The van der Waals surface area contributed by atoms with Crippen molar-refractivity contribution in [2.45, 2.75) is 74.1 Å². The molecular weight excluding hydrogens is 611 g/mol. The van der Waals surface area contributed by atoms with Gasteiger partial charge in [-0.1, -0.05) is 122 Å². The van der Waals surface area contributed by atoms with Gasteiger partial charge in [0.15, 0.2) is 5.76 Å². The number of carboxylic acid groups (broad SMARTS) is 1. The van der Waals surface area contributed by atoms with Gasteiger partial charge in [-0.05, 0) is 84.1 Å². The fourth-order valence-corrected chi connectivity index (χ4v) is 4.77. The van der Waals surface area contributed by atoms with Gasteiger partial charge < -0.3 is 9.52 Å². The molecule has 0 amide bonds. The molecule has 0 saturated heterocycles. The fourth-order valence-electron chi connectivity index (χ4n) is 4.64. The van der Waals surface area contributed by atoms with Crippen LogP contribution in [0.15, 0.2) is 113 Å². The number of Topliss-reactive ketones (excluding diaryl/α,β-unsaturated/α-hetero) is 1. The molecule has 1 aromatic heterocycles. The van der Waals surface area contributed by atoms with Crippen molar-refractivity contribution in [1.29, 1.82) is 0 Å². The molecule has 1 N–H and O–H groups in total. The first-order valence-corrected chi connectivity index (χ1v) is 16.1. The highest BCUT2D eigenvalue weighted by Crippen LogP contribution is 2.32. The Kier molecular flexibility index (Phi) is 14.2. The van der Waals surface area contributed by atoms with Gasteiger partial charge in [-0.15, -0.1) is 0 Å². The molecule has 1 heterocycles. The van der Waals surface area contributed by atoms with E-state index >= 15 is 0 Å². The highest BCUT2D eigenvalue weighted by Gasteiger charge is 2.25. The molecule has 0 aliphatic heterocycles. The lowest BCUT2D eigenvalue weighted by atomic mass is 9.81. The number of hydrogen-bond donors (Lipinski definition) is 1. The van der Waals surface area contributed by atoms with Crippen LogP contribution >= 0.6 is 11.6 Å². The lowest BCUT2D eigenvalue weighted by molar-refractivity contribution is -0.132. The Hall–Kier alpha value is -4.22. The molecule has 1 aromatic carbocycles. The molecule has 0 saturated carbocycles. The Morgan fingerprint density at radius 3 is 2.26 bits per heavy atom. The number of benzene rings is 1. The number of rotatable bonds is 15. The summed E-state index contributed by atoms with van der Waals surface area (Å²) < 4.78 is 20.8. The summed E-state index contributed by atoms with van der Waals surface area (Å²) in [6, 6.07) is 9.37. The van der Waals surface area contributed by atoms with Crippen LogP contribution in [0.5, 0.6) is 0 Å². The molecule has 2 rings (SSSR count). The zero-order valence-corrected chi connectivity index (χ0v) is 29.6. The lowest BCUT2D eigenvalue weighted by Gasteiger charge is -2.23. The summed E-state index contributed by atoms with van der Waals surface area (Å²) in [5.41, 5.74) is 3.59. The van der Waals surface area contributed by atoms with Crippen LogP contribution in [0.4, 0.5) is 4.39 Å². The van der Waals surface area contributed by atoms with Crippen molar-refractivity contribution in [3.8, 4) is 0 Å². The second-order valence-corrected chi connectivity index (χ2v) is 13.8. The summed E-state index contributed by atoms with van der Waals surface area (Å²) in [5.74, 6) is -1.97. The fraction of sp³-hybridized carbons (Fsp3) is 0.317. The molecule has 47 heavy (non-hydrogen) atoms. The van der Waals surface area contributed by atoms with E-state index in [1.54, 1.807) is 12.1 Å². The molecule has 6 heteroatoms. The van der Waals surface area contributed by atoms with E-state index in [1.165, 1.54) is 18.2 Å². The van der Waals surface area contributed by atoms with Crippen LogP contribution in [0.3, 0.4) is 0 Å². The molecule has 250 valence electrons. The van der Waals surface area contributed by atoms with E-state index in [0.717, 1.165) is 29.2 Å².